The fourth-order valence-corrected chi connectivity index (χ4v) is 2.12. The van der Waals surface area contributed by atoms with Crippen LogP contribution in [0.4, 0.5) is 4.39 Å². The number of aryl methyl sites for hydroxylation is 1. The lowest BCUT2D eigenvalue weighted by Crippen LogP contribution is -1.95. The van der Waals surface area contributed by atoms with Gasteiger partial charge in [0, 0.05) is 31.1 Å². The number of nitrogens with zero attached hydrogens (tertiary/aromatic N) is 4. The summed E-state index contributed by atoms with van der Waals surface area (Å²) in [6.45, 7) is 0. The monoisotopic (exact) mass is 304 g/mol. The van der Waals surface area contributed by atoms with Gasteiger partial charge in [-0.05, 0) is 12.1 Å². The third-order valence-corrected chi connectivity index (χ3v) is 3.32. The van der Waals surface area contributed by atoms with Crippen molar-refractivity contribution in [1.29, 1.82) is 0 Å². The highest BCUT2D eigenvalue weighted by Gasteiger charge is 2.13. The van der Waals surface area contributed by atoms with Gasteiger partial charge in [-0.3, -0.25) is 9.48 Å². The van der Waals surface area contributed by atoms with Crippen molar-refractivity contribution in [3.05, 3.63) is 53.2 Å². The number of rotatable bonds is 3. The summed E-state index contributed by atoms with van der Waals surface area (Å²) >= 11 is 5.66. The van der Waals surface area contributed by atoms with Crippen molar-refractivity contribution in [3.63, 3.8) is 0 Å². The van der Waals surface area contributed by atoms with Crippen LogP contribution in [0.25, 0.3) is 16.9 Å². The largest absolute Gasteiger partial charge is 0.298 e. The number of carbonyl (C=O) groups is 1. The Morgan fingerprint density at radius 2 is 2.14 bits per heavy atom. The third-order valence-electron chi connectivity index (χ3n) is 3.02. The zero-order chi connectivity index (χ0) is 15.0. The second-order valence-corrected chi connectivity index (χ2v) is 4.90. The molecule has 0 unspecified atom stereocenters. The molecule has 0 aliphatic rings. The van der Waals surface area contributed by atoms with Crippen LogP contribution in [0, 0.1) is 5.82 Å². The molecule has 2 heterocycles. The Labute approximate surface area is 124 Å². The maximum atomic E-state index is 13.5. The Hall–Kier alpha value is -2.47. The molecule has 0 aliphatic heterocycles. The van der Waals surface area contributed by atoms with Gasteiger partial charge >= 0.3 is 0 Å². The van der Waals surface area contributed by atoms with Crippen LogP contribution in [0.15, 0.2) is 36.8 Å². The van der Waals surface area contributed by atoms with Crippen molar-refractivity contribution in [2.45, 2.75) is 0 Å². The normalized spacial score (nSPS) is 10.8. The topological polar surface area (TPSA) is 52.7 Å². The summed E-state index contributed by atoms with van der Waals surface area (Å²) in [4.78, 5) is 11.2. The van der Waals surface area contributed by atoms with E-state index < -0.39 is 5.82 Å². The number of hydrogen-bond donors (Lipinski definition) is 0. The van der Waals surface area contributed by atoms with Gasteiger partial charge in [-0.15, -0.1) is 0 Å². The molecule has 3 aromatic rings. The smallest absolute Gasteiger partial charge is 0.153 e. The summed E-state index contributed by atoms with van der Waals surface area (Å²) in [5.74, 6) is -0.541. The quantitative estimate of drug-likeness (QED) is 0.699. The zero-order valence-corrected chi connectivity index (χ0v) is 11.8. The molecule has 0 fully saturated rings. The number of carbonyl (C=O) groups excluding carboxylic acids is 1. The van der Waals surface area contributed by atoms with Gasteiger partial charge < -0.3 is 0 Å². The first-order valence-electron chi connectivity index (χ1n) is 6.08. The first-order chi connectivity index (χ1) is 10.1. The maximum Gasteiger partial charge on any atom is 0.153 e. The van der Waals surface area contributed by atoms with E-state index in [4.69, 9.17) is 11.6 Å². The molecule has 0 bridgehead atoms. The standard InChI is InChI=1S/C14H10ClFN4O/c1-19-6-9(5-17-19)14-10(8-21)7-20(18-14)11-2-3-12(15)13(16)4-11/h2-8H,1H3. The van der Waals surface area contributed by atoms with E-state index in [-0.39, 0.29) is 5.02 Å². The fraction of sp³-hybridized carbons (Fsp3) is 0.0714. The lowest BCUT2D eigenvalue weighted by molar-refractivity contribution is 0.112. The highest BCUT2D eigenvalue weighted by atomic mass is 35.5. The summed E-state index contributed by atoms with van der Waals surface area (Å²) in [6, 6.07) is 4.33. The highest BCUT2D eigenvalue weighted by molar-refractivity contribution is 6.30. The van der Waals surface area contributed by atoms with Gasteiger partial charge in [-0.2, -0.15) is 10.2 Å². The first kappa shape index (κ1) is 13.5. The molecule has 5 nitrogen and oxygen atoms in total. The Kier molecular flexibility index (Phi) is 3.31. The molecule has 0 radical (unpaired) electrons. The molecule has 0 N–H and O–H groups in total. The van der Waals surface area contributed by atoms with Crippen LogP contribution in [0.3, 0.4) is 0 Å². The van der Waals surface area contributed by atoms with Crippen LogP contribution >= 0.6 is 11.6 Å². The molecule has 106 valence electrons. The number of hydrogen-bond acceptors (Lipinski definition) is 3. The molecule has 0 amide bonds. The zero-order valence-electron chi connectivity index (χ0n) is 11.0. The van der Waals surface area contributed by atoms with E-state index in [1.165, 1.54) is 23.0 Å². The third kappa shape index (κ3) is 2.45. The Bertz CT molecular complexity index is 824. The highest BCUT2D eigenvalue weighted by Crippen LogP contribution is 2.23. The summed E-state index contributed by atoms with van der Waals surface area (Å²) in [5.41, 5.74) is 2.09. The summed E-state index contributed by atoms with van der Waals surface area (Å²) in [6.07, 6.45) is 5.61. The van der Waals surface area contributed by atoms with Gasteiger partial charge in [0.2, 0.25) is 0 Å². The van der Waals surface area contributed by atoms with Gasteiger partial charge in [-0.1, -0.05) is 11.6 Å². The molecule has 3 rings (SSSR count). The summed E-state index contributed by atoms with van der Waals surface area (Å²) < 4.78 is 16.6. The van der Waals surface area contributed by atoms with Crippen LogP contribution < -0.4 is 0 Å². The molecular formula is C14H10ClFN4O. The number of halogens is 2. The summed E-state index contributed by atoms with van der Waals surface area (Å²) in [7, 11) is 1.77. The van der Waals surface area contributed by atoms with Crippen LogP contribution in [-0.2, 0) is 7.05 Å². The number of aldehydes is 1. The minimum absolute atomic E-state index is 0.0361. The second-order valence-electron chi connectivity index (χ2n) is 4.50. The number of benzene rings is 1. The van der Waals surface area contributed by atoms with Crippen LogP contribution in [-0.4, -0.2) is 25.8 Å². The first-order valence-corrected chi connectivity index (χ1v) is 6.45. The van der Waals surface area contributed by atoms with E-state index in [1.807, 2.05) is 0 Å². The summed E-state index contributed by atoms with van der Waals surface area (Å²) in [5, 5.41) is 8.41. The Balaban J connectivity index is 2.10. The van der Waals surface area contributed by atoms with Crippen LogP contribution in [0.2, 0.25) is 5.02 Å². The van der Waals surface area contributed by atoms with Gasteiger partial charge in [0.15, 0.2) is 6.29 Å². The van der Waals surface area contributed by atoms with Crippen molar-refractivity contribution in [3.8, 4) is 16.9 Å². The van der Waals surface area contributed by atoms with Crippen molar-refractivity contribution in [2.75, 3.05) is 0 Å². The minimum atomic E-state index is -0.541. The minimum Gasteiger partial charge on any atom is -0.298 e. The molecular weight excluding hydrogens is 295 g/mol. The lowest BCUT2D eigenvalue weighted by atomic mass is 10.2. The fourth-order valence-electron chi connectivity index (χ4n) is 2.00. The lowest BCUT2D eigenvalue weighted by Gasteiger charge is -2.02. The van der Waals surface area contributed by atoms with E-state index in [2.05, 4.69) is 10.2 Å². The number of aromatic nitrogens is 4. The Morgan fingerprint density at radius 1 is 1.33 bits per heavy atom. The van der Waals surface area contributed by atoms with Crippen molar-refractivity contribution in [2.24, 2.45) is 7.05 Å². The molecule has 0 aliphatic carbocycles. The molecule has 0 spiro atoms. The second kappa shape index (κ2) is 5.14. The molecule has 0 saturated heterocycles. The molecule has 0 atom stereocenters. The van der Waals surface area contributed by atoms with Crippen molar-refractivity contribution >= 4 is 17.9 Å². The average Bonchev–Trinajstić information content (AvgIpc) is 3.07. The molecule has 21 heavy (non-hydrogen) atoms. The van der Waals surface area contributed by atoms with Crippen molar-refractivity contribution in [1.82, 2.24) is 19.6 Å². The molecule has 0 saturated carbocycles. The maximum absolute atomic E-state index is 13.5. The SMILES string of the molecule is Cn1cc(-c2nn(-c3ccc(Cl)c(F)c3)cc2C=O)cn1. The van der Waals surface area contributed by atoms with Gasteiger partial charge in [0.1, 0.15) is 11.5 Å². The predicted octanol–water partition coefficient (Wildman–Crippen LogP) is 2.88. The van der Waals surface area contributed by atoms with Crippen molar-refractivity contribution < 1.29 is 9.18 Å². The molecule has 2 aromatic heterocycles. The van der Waals surface area contributed by atoms with Crippen LogP contribution in [0.5, 0.6) is 0 Å². The van der Waals surface area contributed by atoms with E-state index in [0.29, 0.717) is 28.8 Å². The molecule has 7 heteroatoms. The van der Waals surface area contributed by atoms with E-state index in [9.17, 15) is 9.18 Å². The average molecular weight is 305 g/mol. The van der Waals surface area contributed by atoms with E-state index in [1.54, 1.807) is 30.2 Å². The van der Waals surface area contributed by atoms with E-state index >= 15 is 0 Å². The van der Waals surface area contributed by atoms with Gasteiger partial charge in [0.25, 0.3) is 0 Å². The van der Waals surface area contributed by atoms with E-state index in [0.717, 1.165) is 0 Å². The molecule has 1 aromatic carbocycles. The predicted molar refractivity (Wildman–Crippen MR) is 76.1 cm³/mol. The Morgan fingerprint density at radius 3 is 2.76 bits per heavy atom. The van der Waals surface area contributed by atoms with Crippen LogP contribution in [0.1, 0.15) is 10.4 Å². The van der Waals surface area contributed by atoms with Gasteiger partial charge in [0.05, 0.1) is 22.5 Å². The van der Waals surface area contributed by atoms with Gasteiger partial charge in [-0.25, -0.2) is 9.07 Å².